The molecule has 18 heavy (non-hydrogen) atoms. The second-order valence-electron chi connectivity index (χ2n) is 5.81. The van der Waals surface area contributed by atoms with Gasteiger partial charge in [0.2, 0.25) is 5.91 Å². The first-order valence-corrected chi connectivity index (χ1v) is 7.22. The van der Waals surface area contributed by atoms with Crippen molar-refractivity contribution in [2.75, 3.05) is 26.0 Å². The molecule has 1 saturated heterocycles. The van der Waals surface area contributed by atoms with Gasteiger partial charge in [0.15, 0.2) is 0 Å². The van der Waals surface area contributed by atoms with Crippen molar-refractivity contribution in [1.82, 2.24) is 4.90 Å². The Balaban J connectivity index is 2.50. The van der Waals surface area contributed by atoms with Gasteiger partial charge in [-0.25, -0.2) is 0 Å². The first-order chi connectivity index (χ1) is 8.24. The maximum absolute atomic E-state index is 12.0. The summed E-state index contributed by atoms with van der Waals surface area (Å²) in [5.74, 6) is 0.401. The molecule has 1 aliphatic rings. The monoisotopic (exact) mass is 273 g/mol. The van der Waals surface area contributed by atoms with E-state index in [1.165, 1.54) is 7.11 Å². The molecule has 0 N–H and O–H groups in total. The summed E-state index contributed by atoms with van der Waals surface area (Å²) in [5, 5.41) is 0. The molecule has 1 rings (SSSR count). The van der Waals surface area contributed by atoms with E-state index in [9.17, 15) is 9.59 Å². The van der Waals surface area contributed by atoms with Crippen LogP contribution in [0.15, 0.2) is 0 Å². The van der Waals surface area contributed by atoms with Crippen LogP contribution in [-0.4, -0.2) is 47.5 Å². The predicted molar refractivity (Wildman–Crippen MR) is 73.5 cm³/mol. The molecule has 5 heteroatoms. The van der Waals surface area contributed by atoms with Gasteiger partial charge in [0.1, 0.15) is 0 Å². The first-order valence-electron chi connectivity index (χ1n) is 6.24. The van der Waals surface area contributed by atoms with Crippen molar-refractivity contribution in [3.05, 3.63) is 0 Å². The highest BCUT2D eigenvalue weighted by molar-refractivity contribution is 8.01. The lowest BCUT2D eigenvalue weighted by atomic mass is 9.99. The molecule has 0 radical (unpaired) electrons. The summed E-state index contributed by atoms with van der Waals surface area (Å²) in [6.07, 6.45) is 0. The van der Waals surface area contributed by atoms with Crippen LogP contribution in [-0.2, 0) is 14.3 Å². The second kappa shape index (κ2) is 5.95. The van der Waals surface area contributed by atoms with Crippen LogP contribution >= 0.6 is 11.8 Å². The maximum Gasteiger partial charge on any atom is 0.310 e. The summed E-state index contributed by atoms with van der Waals surface area (Å²) in [7, 11) is 1.40. The van der Waals surface area contributed by atoms with Crippen molar-refractivity contribution in [1.29, 1.82) is 0 Å². The van der Waals surface area contributed by atoms with Crippen LogP contribution in [0.4, 0.5) is 0 Å². The molecule has 1 heterocycles. The summed E-state index contributed by atoms with van der Waals surface area (Å²) < 4.78 is 4.85. The Kier molecular flexibility index (Phi) is 5.08. The van der Waals surface area contributed by atoms with Gasteiger partial charge in [-0.3, -0.25) is 9.59 Å². The van der Waals surface area contributed by atoms with Gasteiger partial charge in [-0.1, -0.05) is 27.7 Å². The Morgan fingerprint density at radius 2 is 1.94 bits per heavy atom. The molecule has 1 amide bonds. The number of rotatable bonds is 3. The van der Waals surface area contributed by atoms with E-state index in [4.69, 9.17) is 4.74 Å². The van der Waals surface area contributed by atoms with E-state index < -0.39 is 0 Å². The van der Waals surface area contributed by atoms with Crippen LogP contribution < -0.4 is 0 Å². The Morgan fingerprint density at radius 3 is 2.44 bits per heavy atom. The smallest absolute Gasteiger partial charge is 0.310 e. The van der Waals surface area contributed by atoms with Gasteiger partial charge >= 0.3 is 5.97 Å². The number of hydrogen-bond donors (Lipinski definition) is 0. The van der Waals surface area contributed by atoms with Gasteiger partial charge in [-0.05, 0) is 5.92 Å². The van der Waals surface area contributed by atoms with Crippen LogP contribution in [0, 0.1) is 11.8 Å². The highest BCUT2D eigenvalue weighted by Gasteiger charge is 2.37. The van der Waals surface area contributed by atoms with Crippen molar-refractivity contribution >= 4 is 23.6 Å². The van der Waals surface area contributed by atoms with Gasteiger partial charge in [-0.2, -0.15) is 0 Å². The van der Waals surface area contributed by atoms with E-state index in [1.807, 2.05) is 6.92 Å². The lowest BCUT2D eigenvalue weighted by Gasteiger charge is -2.20. The summed E-state index contributed by atoms with van der Waals surface area (Å²) in [6, 6.07) is 0. The highest BCUT2D eigenvalue weighted by Crippen LogP contribution is 2.27. The molecule has 1 fully saturated rings. The van der Waals surface area contributed by atoms with E-state index >= 15 is 0 Å². The molecular formula is C13H23NO3S. The summed E-state index contributed by atoms with van der Waals surface area (Å²) >= 11 is 1.64. The molecule has 0 aliphatic carbocycles. The topological polar surface area (TPSA) is 46.6 Å². The number of hydrogen-bond acceptors (Lipinski definition) is 4. The molecule has 2 unspecified atom stereocenters. The SMILES string of the molecule is COC(=O)C1CN(C(=O)CSC(C)(C)C)CC1C. The third kappa shape index (κ3) is 4.19. The largest absolute Gasteiger partial charge is 0.469 e. The average molecular weight is 273 g/mol. The molecule has 0 saturated carbocycles. The van der Waals surface area contributed by atoms with Crippen molar-refractivity contribution in [3.8, 4) is 0 Å². The summed E-state index contributed by atoms with van der Waals surface area (Å²) in [4.78, 5) is 25.4. The molecule has 2 atom stereocenters. The normalized spacial score (nSPS) is 24.2. The number of methoxy groups -OCH3 is 1. The fourth-order valence-corrected chi connectivity index (χ4v) is 2.74. The van der Waals surface area contributed by atoms with Crippen molar-refractivity contribution in [2.24, 2.45) is 11.8 Å². The Hall–Kier alpha value is -0.710. The molecule has 0 aromatic carbocycles. The molecule has 4 nitrogen and oxygen atoms in total. The Bertz CT molecular complexity index is 325. The number of carbonyl (C=O) groups is 2. The van der Waals surface area contributed by atoms with Crippen LogP contribution in [0.2, 0.25) is 0 Å². The number of ether oxygens (including phenoxy) is 1. The lowest BCUT2D eigenvalue weighted by molar-refractivity contribution is -0.146. The number of carbonyl (C=O) groups excluding carboxylic acids is 2. The minimum absolute atomic E-state index is 0.0861. The third-order valence-electron chi connectivity index (χ3n) is 3.10. The van der Waals surface area contributed by atoms with E-state index in [0.717, 1.165) is 0 Å². The van der Waals surface area contributed by atoms with Crippen molar-refractivity contribution in [2.45, 2.75) is 32.4 Å². The van der Waals surface area contributed by atoms with Crippen molar-refractivity contribution in [3.63, 3.8) is 0 Å². The zero-order chi connectivity index (χ0) is 13.9. The number of likely N-dealkylation sites (tertiary alicyclic amines) is 1. The molecule has 0 aromatic heterocycles. The summed E-state index contributed by atoms with van der Waals surface area (Å²) in [5.41, 5.74) is 0. The zero-order valence-electron chi connectivity index (χ0n) is 11.9. The van der Waals surface area contributed by atoms with Crippen LogP contribution in [0.1, 0.15) is 27.7 Å². The molecule has 0 spiro atoms. The number of nitrogens with zero attached hydrogens (tertiary/aromatic N) is 1. The molecular weight excluding hydrogens is 250 g/mol. The average Bonchev–Trinajstić information content (AvgIpc) is 2.66. The van der Waals surface area contributed by atoms with Gasteiger partial charge in [0, 0.05) is 17.8 Å². The second-order valence-corrected chi connectivity index (χ2v) is 7.61. The highest BCUT2D eigenvalue weighted by atomic mass is 32.2. The lowest BCUT2D eigenvalue weighted by Crippen LogP contribution is -2.32. The molecule has 104 valence electrons. The number of esters is 1. The van der Waals surface area contributed by atoms with Crippen molar-refractivity contribution < 1.29 is 14.3 Å². The van der Waals surface area contributed by atoms with E-state index in [0.29, 0.717) is 18.8 Å². The quantitative estimate of drug-likeness (QED) is 0.735. The maximum atomic E-state index is 12.0. The van der Waals surface area contributed by atoms with Gasteiger partial charge < -0.3 is 9.64 Å². The molecule has 0 aromatic rings. The zero-order valence-corrected chi connectivity index (χ0v) is 12.7. The van der Waals surface area contributed by atoms with Crippen LogP contribution in [0.5, 0.6) is 0 Å². The predicted octanol–water partition coefficient (Wildman–Crippen LogP) is 1.79. The standard InChI is InChI=1S/C13H23NO3S/c1-9-6-14(7-10(9)12(16)17-5)11(15)8-18-13(2,3)4/h9-10H,6-8H2,1-5H3. The fourth-order valence-electron chi connectivity index (χ4n) is 2.00. The minimum atomic E-state index is -0.207. The molecule has 0 bridgehead atoms. The Morgan fingerprint density at radius 1 is 1.33 bits per heavy atom. The minimum Gasteiger partial charge on any atom is -0.469 e. The van der Waals surface area contributed by atoms with E-state index in [1.54, 1.807) is 16.7 Å². The van der Waals surface area contributed by atoms with Gasteiger partial charge in [0.25, 0.3) is 0 Å². The van der Waals surface area contributed by atoms with Gasteiger partial charge in [0.05, 0.1) is 18.8 Å². The number of amides is 1. The fraction of sp³-hybridized carbons (Fsp3) is 0.846. The van der Waals surface area contributed by atoms with Crippen LogP contribution in [0.25, 0.3) is 0 Å². The van der Waals surface area contributed by atoms with Gasteiger partial charge in [-0.15, -0.1) is 11.8 Å². The van der Waals surface area contributed by atoms with Crippen LogP contribution in [0.3, 0.4) is 0 Å². The summed E-state index contributed by atoms with van der Waals surface area (Å²) in [6.45, 7) is 9.42. The third-order valence-corrected chi connectivity index (χ3v) is 4.35. The molecule has 1 aliphatic heterocycles. The Labute approximate surface area is 113 Å². The first kappa shape index (κ1) is 15.3. The number of thioether (sulfide) groups is 1. The van der Waals surface area contributed by atoms with E-state index in [2.05, 4.69) is 20.8 Å². The van der Waals surface area contributed by atoms with E-state index in [-0.39, 0.29) is 28.5 Å².